The number of nitrogens with one attached hydrogen (secondary N) is 1. The molecule has 1 aliphatic rings. The van der Waals surface area contributed by atoms with Crippen LogP contribution in [0, 0.1) is 6.92 Å². The Kier molecular flexibility index (Phi) is 5.23. The number of rotatable bonds is 5. The van der Waals surface area contributed by atoms with Crippen molar-refractivity contribution in [3.8, 4) is 0 Å². The molecular formula is C21H15F5N6O2S. The fourth-order valence-electron chi connectivity index (χ4n) is 3.78. The van der Waals surface area contributed by atoms with E-state index in [-0.39, 0.29) is 43.7 Å². The maximum atomic E-state index is 13.6. The van der Waals surface area contributed by atoms with Crippen LogP contribution in [0.15, 0.2) is 18.2 Å². The van der Waals surface area contributed by atoms with Crippen LogP contribution in [-0.2, 0) is 6.18 Å². The minimum absolute atomic E-state index is 0.0505. The highest BCUT2D eigenvalue weighted by Gasteiger charge is 2.37. The molecule has 8 nitrogen and oxygen atoms in total. The lowest BCUT2D eigenvalue weighted by Crippen LogP contribution is -2.18. The summed E-state index contributed by atoms with van der Waals surface area (Å²) in [5.74, 6) is -1.94. The predicted octanol–water partition coefficient (Wildman–Crippen LogP) is 4.83. The van der Waals surface area contributed by atoms with Crippen molar-refractivity contribution in [1.82, 2.24) is 19.6 Å². The fourth-order valence-corrected chi connectivity index (χ4v) is 4.85. The van der Waals surface area contributed by atoms with Gasteiger partial charge in [-0.1, -0.05) is 0 Å². The van der Waals surface area contributed by atoms with Gasteiger partial charge < -0.3 is 11.1 Å². The third kappa shape index (κ3) is 4.07. The minimum Gasteiger partial charge on any atom is -0.365 e. The number of anilines is 1. The minimum atomic E-state index is -4.74. The number of nitrogens with zero attached hydrogens (tertiary/aromatic N) is 4. The van der Waals surface area contributed by atoms with E-state index < -0.39 is 35.8 Å². The molecule has 0 saturated heterocycles. The average molecular weight is 510 g/mol. The summed E-state index contributed by atoms with van der Waals surface area (Å²) in [6.45, 7) is 1.49. The molecule has 2 amide bonds. The molecule has 1 fully saturated rings. The summed E-state index contributed by atoms with van der Waals surface area (Å²) >= 11 is 0.717. The molecule has 0 aromatic carbocycles. The van der Waals surface area contributed by atoms with Crippen LogP contribution in [0.4, 0.5) is 27.6 Å². The highest BCUT2D eigenvalue weighted by molar-refractivity contribution is 7.21. The first-order valence-electron chi connectivity index (χ1n) is 10.2. The van der Waals surface area contributed by atoms with Crippen LogP contribution in [0.3, 0.4) is 0 Å². The van der Waals surface area contributed by atoms with Gasteiger partial charge in [-0.3, -0.25) is 9.59 Å². The zero-order valence-electron chi connectivity index (χ0n) is 17.8. The molecule has 0 radical (unpaired) electrons. The van der Waals surface area contributed by atoms with Crippen molar-refractivity contribution in [2.24, 2.45) is 5.73 Å². The van der Waals surface area contributed by atoms with E-state index in [4.69, 9.17) is 5.73 Å². The van der Waals surface area contributed by atoms with Crippen molar-refractivity contribution in [2.45, 2.75) is 38.3 Å². The molecule has 1 saturated carbocycles. The van der Waals surface area contributed by atoms with E-state index in [9.17, 15) is 31.5 Å². The van der Waals surface area contributed by atoms with Gasteiger partial charge in [0.05, 0.1) is 5.69 Å². The molecule has 35 heavy (non-hydrogen) atoms. The lowest BCUT2D eigenvalue weighted by Gasteiger charge is -2.10. The lowest BCUT2D eigenvalue weighted by molar-refractivity contribution is -0.142. The number of aromatic nitrogens is 4. The number of pyridine rings is 1. The molecule has 0 atom stereocenters. The van der Waals surface area contributed by atoms with Crippen molar-refractivity contribution >= 4 is 44.7 Å². The molecule has 1 aliphatic carbocycles. The van der Waals surface area contributed by atoms with Gasteiger partial charge in [-0.25, -0.2) is 23.3 Å². The predicted molar refractivity (Wildman–Crippen MR) is 116 cm³/mol. The molecule has 5 rings (SSSR count). The average Bonchev–Trinajstić information content (AvgIpc) is 3.42. The number of carbonyl (C=O) groups excluding carboxylic acids is 2. The first kappa shape index (κ1) is 23.1. The second-order valence-corrected chi connectivity index (χ2v) is 9.11. The molecule has 4 aromatic rings. The van der Waals surface area contributed by atoms with Crippen molar-refractivity contribution < 1.29 is 31.5 Å². The number of hydrogen-bond donors (Lipinski definition) is 2. The Labute approximate surface area is 197 Å². The number of primary amides is 1. The Morgan fingerprint density at radius 1 is 1.20 bits per heavy atom. The van der Waals surface area contributed by atoms with E-state index in [0.717, 1.165) is 42.4 Å². The third-order valence-corrected chi connectivity index (χ3v) is 6.63. The monoisotopic (exact) mass is 510 g/mol. The van der Waals surface area contributed by atoms with Gasteiger partial charge in [-0.2, -0.15) is 18.3 Å². The summed E-state index contributed by atoms with van der Waals surface area (Å²) in [5, 5.41) is 6.46. The molecule has 0 spiro atoms. The van der Waals surface area contributed by atoms with Gasteiger partial charge in [-0.15, -0.1) is 11.3 Å². The second kappa shape index (κ2) is 7.93. The zero-order valence-corrected chi connectivity index (χ0v) is 18.6. The Balaban J connectivity index is 1.59. The summed E-state index contributed by atoms with van der Waals surface area (Å²) in [4.78, 5) is 32.9. The van der Waals surface area contributed by atoms with Gasteiger partial charge in [0.25, 0.3) is 18.2 Å². The molecule has 182 valence electrons. The van der Waals surface area contributed by atoms with Gasteiger partial charge in [0.15, 0.2) is 11.3 Å². The van der Waals surface area contributed by atoms with E-state index in [2.05, 4.69) is 20.4 Å². The molecule has 14 heteroatoms. The number of amides is 2. The van der Waals surface area contributed by atoms with Gasteiger partial charge in [0, 0.05) is 23.1 Å². The first-order chi connectivity index (χ1) is 16.4. The normalized spacial score (nSPS) is 14.3. The number of alkyl halides is 5. The summed E-state index contributed by atoms with van der Waals surface area (Å²) in [5.41, 5.74) is 3.78. The summed E-state index contributed by atoms with van der Waals surface area (Å²) in [7, 11) is 0. The largest absolute Gasteiger partial charge is 0.433 e. The van der Waals surface area contributed by atoms with Crippen LogP contribution in [0.5, 0.6) is 0 Å². The Hall–Kier alpha value is -3.68. The van der Waals surface area contributed by atoms with E-state index in [1.54, 1.807) is 0 Å². The molecule has 4 heterocycles. The van der Waals surface area contributed by atoms with Crippen molar-refractivity contribution in [3.05, 3.63) is 51.4 Å². The summed E-state index contributed by atoms with van der Waals surface area (Å²) in [6.07, 6.45) is -6.14. The zero-order chi connectivity index (χ0) is 25.2. The van der Waals surface area contributed by atoms with Gasteiger partial charge >= 0.3 is 6.18 Å². The number of hydrogen-bond acceptors (Lipinski definition) is 6. The van der Waals surface area contributed by atoms with Crippen LogP contribution in [0.2, 0.25) is 0 Å². The van der Waals surface area contributed by atoms with Crippen LogP contribution < -0.4 is 11.1 Å². The van der Waals surface area contributed by atoms with Crippen molar-refractivity contribution in [2.75, 3.05) is 5.32 Å². The summed E-state index contributed by atoms with van der Waals surface area (Å²) in [6, 6.07) is 3.14. The lowest BCUT2D eigenvalue weighted by atomic mass is 10.1. The SMILES string of the molecule is Cc1cc(C(F)F)nc2sc(C(N)=O)c(NC(=O)c3cc4nc(C5CC5)cc(C(F)(F)F)n4n3)c12. The molecule has 0 unspecified atom stereocenters. The number of aryl methyl sites for hydroxylation is 1. The Morgan fingerprint density at radius 3 is 2.51 bits per heavy atom. The first-order valence-corrected chi connectivity index (χ1v) is 11.1. The van der Waals surface area contributed by atoms with Crippen LogP contribution >= 0.6 is 11.3 Å². The fraction of sp³-hybridized carbons (Fsp3) is 0.286. The highest BCUT2D eigenvalue weighted by atomic mass is 32.1. The number of fused-ring (bicyclic) bond motifs is 2. The Morgan fingerprint density at radius 2 is 1.91 bits per heavy atom. The van der Waals surface area contributed by atoms with E-state index in [1.807, 2.05) is 0 Å². The smallest absolute Gasteiger partial charge is 0.365 e. The molecule has 3 N–H and O–H groups in total. The van der Waals surface area contributed by atoms with E-state index in [0.29, 0.717) is 10.1 Å². The van der Waals surface area contributed by atoms with E-state index in [1.165, 1.54) is 6.92 Å². The number of carbonyl (C=O) groups is 2. The molecule has 0 bridgehead atoms. The van der Waals surface area contributed by atoms with Crippen LogP contribution in [0.1, 0.15) is 68.0 Å². The van der Waals surface area contributed by atoms with Crippen molar-refractivity contribution in [1.29, 1.82) is 0 Å². The van der Waals surface area contributed by atoms with E-state index >= 15 is 0 Å². The number of thiophene rings is 1. The standard InChI is InChI=1S/C21H15F5N6O2S/c1-7-4-10(17(22)23)29-20-14(7)15(16(35-20)18(27)33)30-19(34)11-6-13-28-9(8-2-3-8)5-12(21(24,25)26)32(13)31-11/h4-6,8,17H,2-3H2,1H3,(H2,27,33)(H,30,34). The topological polar surface area (TPSA) is 115 Å². The molecule has 0 aliphatic heterocycles. The van der Waals surface area contributed by atoms with Crippen LogP contribution in [0.25, 0.3) is 15.9 Å². The van der Waals surface area contributed by atoms with Gasteiger partial charge in [0.2, 0.25) is 0 Å². The second-order valence-electron chi connectivity index (χ2n) is 8.11. The highest BCUT2D eigenvalue weighted by Crippen LogP contribution is 2.42. The van der Waals surface area contributed by atoms with Crippen LogP contribution in [-0.4, -0.2) is 31.4 Å². The molecular weight excluding hydrogens is 495 g/mol. The third-order valence-electron chi connectivity index (χ3n) is 5.53. The maximum Gasteiger partial charge on any atom is 0.433 e. The number of halogens is 5. The van der Waals surface area contributed by atoms with Gasteiger partial charge in [-0.05, 0) is 37.5 Å². The maximum absolute atomic E-state index is 13.6. The number of nitrogens with two attached hydrogens (primary N) is 1. The Bertz CT molecular complexity index is 1520. The van der Waals surface area contributed by atoms with Crippen molar-refractivity contribution in [3.63, 3.8) is 0 Å². The summed E-state index contributed by atoms with van der Waals surface area (Å²) < 4.78 is 67.8. The molecule has 4 aromatic heterocycles. The van der Waals surface area contributed by atoms with Gasteiger partial charge in [0.1, 0.15) is 21.1 Å². The quantitative estimate of drug-likeness (QED) is 0.373.